The van der Waals surface area contributed by atoms with E-state index in [0.29, 0.717) is 21.7 Å². The number of aromatic nitrogens is 1. The second-order valence-corrected chi connectivity index (χ2v) is 4.82. The molecule has 0 atom stereocenters. The summed E-state index contributed by atoms with van der Waals surface area (Å²) in [6.07, 6.45) is 1.30. The Hall–Kier alpha value is -2.59. The van der Waals surface area contributed by atoms with Gasteiger partial charge in [-0.3, -0.25) is 4.98 Å². The van der Waals surface area contributed by atoms with Gasteiger partial charge in [0.05, 0.1) is 5.52 Å². The lowest BCUT2D eigenvalue weighted by Crippen LogP contribution is -2.02. The summed E-state index contributed by atoms with van der Waals surface area (Å²) in [4.78, 5) is 15.5. The van der Waals surface area contributed by atoms with Crippen molar-refractivity contribution in [3.63, 3.8) is 0 Å². The average molecular weight is 300 g/mol. The molecule has 4 nitrogen and oxygen atoms in total. The Kier molecular flexibility index (Phi) is 3.46. The number of benzene rings is 2. The molecule has 0 spiro atoms. The van der Waals surface area contributed by atoms with Gasteiger partial charge in [0.15, 0.2) is 5.75 Å². The summed E-state index contributed by atoms with van der Waals surface area (Å²) >= 11 is 5.83. The lowest BCUT2D eigenvalue weighted by Gasteiger charge is -2.11. The van der Waals surface area contributed by atoms with Crippen LogP contribution in [-0.4, -0.2) is 16.1 Å². The molecule has 0 unspecified atom stereocenters. The van der Waals surface area contributed by atoms with Gasteiger partial charge in [-0.1, -0.05) is 23.7 Å². The second-order valence-electron chi connectivity index (χ2n) is 4.38. The van der Waals surface area contributed by atoms with E-state index in [9.17, 15) is 9.90 Å². The number of carboxylic acid groups (broad SMARTS) is 1. The van der Waals surface area contributed by atoms with Gasteiger partial charge in [-0.25, -0.2) is 4.79 Å². The Morgan fingerprint density at radius 3 is 2.52 bits per heavy atom. The minimum absolute atomic E-state index is 0.0173. The third-order valence-electron chi connectivity index (χ3n) is 2.99. The maximum Gasteiger partial charge on any atom is 0.341 e. The van der Waals surface area contributed by atoms with Crippen LogP contribution in [0.15, 0.2) is 54.7 Å². The van der Waals surface area contributed by atoms with Gasteiger partial charge in [-0.2, -0.15) is 0 Å². The monoisotopic (exact) mass is 299 g/mol. The number of carboxylic acids is 1. The Morgan fingerprint density at radius 2 is 1.81 bits per heavy atom. The zero-order valence-electron chi connectivity index (χ0n) is 10.8. The molecule has 0 aliphatic heterocycles. The molecule has 0 amide bonds. The molecule has 0 saturated heterocycles. The third-order valence-corrected chi connectivity index (χ3v) is 3.24. The van der Waals surface area contributed by atoms with Gasteiger partial charge in [0.25, 0.3) is 0 Å². The van der Waals surface area contributed by atoms with Crippen LogP contribution in [0.3, 0.4) is 0 Å². The molecule has 21 heavy (non-hydrogen) atoms. The maximum atomic E-state index is 11.4. The van der Waals surface area contributed by atoms with E-state index in [1.165, 1.54) is 6.20 Å². The number of aromatic carboxylic acids is 1. The Labute approximate surface area is 125 Å². The predicted molar refractivity (Wildman–Crippen MR) is 80.2 cm³/mol. The van der Waals surface area contributed by atoms with Crippen molar-refractivity contribution in [3.05, 3.63) is 65.3 Å². The number of pyridine rings is 1. The molecule has 2 aromatic carbocycles. The zero-order valence-corrected chi connectivity index (χ0v) is 11.5. The van der Waals surface area contributed by atoms with Crippen molar-refractivity contribution in [1.82, 2.24) is 4.98 Å². The van der Waals surface area contributed by atoms with Gasteiger partial charge in [0.1, 0.15) is 11.3 Å². The molecule has 0 radical (unpaired) electrons. The van der Waals surface area contributed by atoms with Crippen LogP contribution >= 0.6 is 11.6 Å². The molecule has 5 heteroatoms. The molecular weight excluding hydrogens is 290 g/mol. The number of para-hydroxylation sites is 1. The molecule has 0 fully saturated rings. The third kappa shape index (κ3) is 2.66. The summed E-state index contributed by atoms with van der Waals surface area (Å²) in [6, 6.07) is 14.0. The highest BCUT2D eigenvalue weighted by Crippen LogP contribution is 2.32. The van der Waals surface area contributed by atoms with Crippen molar-refractivity contribution in [3.8, 4) is 11.5 Å². The van der Waals surface area contributed by atoms with E-state index in [1.807, 2.05) is 12.1 Å². The summed E-state index contributed by atoms with van der Waals surface area (Å²) in [5.41, 5.74) is 0.690. The molecule has 1 heterocycles. The lowest BCUT2D eigenvalue weighted by molar-refractivity contribution is 0.0694. The van der Waals surface area contributed by atoms with Crippen LogP contribution in [-0.2, 0) is 0 Å². The Bertz CT molecular complexity index is 815. The van der Waals surface area contributed by atoms with Crippen molar-refractivity contribution in [2.45, 2.75) is 0 Å². The normalized spacial score (nSPS) is 10.5. The van der Waals surface area contributed by atoms with Gasteiger partial charge in [0.2, 0.25) is 0 Å². The van der Waals surface area contributed by atoms with Crippen molar-refractivity contribution < 1.29 is 14.6 Å². The summed E-state index contributed by atoms with van der Waals surface area (Å²) in [7, 11) is 0. The van der Waals surface area contributed by atoms with Crippen LogP contribution in [0.25, 0.3) is 10.9 Å². The zero-order chi connectivity index (χ0) is 14.8. The van der Waals surface area contributed by atoms with E-state index < -0.39 is 5.97 Å². The fraction of sp³-hybridized carbons (Fsp3) is 0. The van der Waals surface area contributed by atoms with E-state index in [4.69, 9.17) is 16.3 Å². The second kappa shape index (κ2) is 5.42. The van der Waals surface area contributed by atoms with Gasteiger partial charge >= 0.3 is 5.97 Å². The van der Waals surface area contributed by atoms with Crippen molar-refractivity contribution in [2.75, 3.05) is 0 Å². The summed E-state index contributed by atoms with van der Waals surface area (Å²) in [5.74, 6) is -0.300. The highest BCUT2D eigenvalue weighted by atomic mass is 35.5. The van der Waals surface area contributed by atoms with E-state index in [0.717, 1.165) is 0 Å². The maximum absolute atomic E-state index is 11.4. The molecule has 3 aromatic rings. The van der Waals surface area contributed by atoms with Gasteiger partial charge in [-0.15, -0.1) is 0 Å². The Morgan fingerprint density at radius 1 is 1.10 bits per heavy atom. The van der Waals surface area contributed by atoms with E-state index in [2.05, 4.69) is 4.98 Å². The minimum atomic E-state index is -1.09. The molecule has 104 valence electrons. The number of ether oxygens (including phenoxy) is 1. The number of nitrogens with zero attached hydrogens (tertiary/aromatic N) is 1. The first-order valence-corrected chi connectivity index (χ1v) is 6.57. The molecule has 0 saturated carbocycles. The smallest absolute Gasteiger partial charge is 0.341 e. The molecule has 3 rings (SSSR count). The standard InChI is InChI=1S/C16H10ClNO3/c17-10-5-7-11(8-6-10)21-15-12-3-1-2-4-14(12)18-9-13(15)16(19)20/h1-9H,(H,19,20). The lowest BCUT2D eigenvalue weighted by atomic mass is 10.1. The summed E-state index contributed by atoms with van der Waals surface area (Å²) < 4.78 is 5.76. The topological polar surface area (TPSA) is 59.4 Å². The van der Waals surface area contributed by atoms with Crippen LogP contribution < -0.4 is 4.74 Å². The van der Waals surface area contributed by atoms with Crippen molar-refractivity contribution in [2.24, 2.45) is 0 Å². The number of hydrogen-bond donors (Lipinski definition) is 1. The van der Waals surface area contributed by atoms with Crippen molar-refractivity contribution >= 4 is 28.5 Å². The van der Waals surface area contributed by atoms with Gasteiger partial charge in [0, 0.05) is 16.6 Å². The number of rotatable bonds is 3. The number of hydrogen-bond acceptors (Lipinski definition) is 3. The van der Waals surface area contributed by atoms with Crippen LogP contribution in [0, 0.1) is 0 Å². The number of carbonyl (C=O) groups is 1. The van der Waals surface area contributed by atoms with E-state index >= 15 is 0 Å². The first-order chi connectivity index (χ1) is 10.1. The van der Waals surface area contributed by atoms with E-state index in [-0.39, 0.29) is 11.3 Å². The van der Waals surface area contributed by atoms with Crippen LogP contribution in [0.1, 0.15) is 10.4 Å². The first-order valence-electron chi connectivity index (χ1n) is 6.19. The number of halogens is 1. The highest BCUT2D eigenvalue weighted by molar-refractivity contribution is 6.30. The minimum Gasteiger partial charge on any atom is -0.477 e. The van der Waals surface area contributed by atoms with Crippen LogP contribution in [0.5, 0.6) is 11.5 Å². The van der Waals surface area contributed by atoms with Gasteiger partial charge < -0.3 is 9.84 Å². The SMILES string of the molecule is O=C(O)c1cnc2ccccc2c1Oc1ccc(Cl)cc1. The Balaban J connectivity index is 2.16. The molecule has 1 N–H and O–H groups in total. The average Bonchev–Trinajstić information content (AvgIpc) is 2.49. The van der Waals surface area contributed by atoms with Crippen LogP contribution in [0.4, 0.5) is 0 Å². The number of fused-ring (bicyclic) bond motifs is 1. The molecule has 0 bridgehead atoms. The quantitative estimate of drug-likeness (QED) is 0.779. The van der Waals surface area contributed by atoms with E-state index in [1.54, 1.807) is 36.4 Å². The highest BCUT2D eigenvalue weighted by Gasteiger charge is 2.16. The summed E-state index contributed by atoms with van der Waals surface area (Å²) in [6.45, 7) is 0. The fourth-order valence-corrected chi connectivity index (χ4v) is 2.12. The predicted octanol–water partition coefficient (Wildman–Crippen LogP) is 4.38. The fourth-order valence-electron chi connectivity index (χ4n) is 2.00. The molecule has 0 aliphatic carbocycles. The van der Waals surface area contributed by atoms with Gasteiger partial charge in [-0.05, 0) is 36.4 Å². The van der Waals surface area contributed by atoms with Crippen LogP contribution in [0.2, 0.25) is 5.02 Å². The van der Waals surface area contributed by atoms with Crippen molar-refractivity contribution in [1.29, 1.82) is 0 Å². The molecular formula is C16H10ClNO3. The summed E-state index contributed by atoms with van der Waals surface area (Å²) in [5, 5.41) is 10.5. The molecule has 1 aromatic heterocycles. The molecule has 0 aliphatic rings. The largest absolute Gasteiger partial charge is 0.477 e. The first kappa shape index (κ1) is 13.4.